The van der Waals surface area contributed by atoms with E-state index in [-0.39, 0.29) is 5.91 Å². The van der Waals surface area contributed by atoms with E-state index in [9.17, 15) is 4.79 Å². The van der Waals surface area contributed by atoms with Gasteiger partial charge < -0.3 is 10.7 Å². The van der Waals surface area contributed by atoms with Crippen LogP contribution in [0, 0.1) is 0 Å². The molecular weight excluding hydrogens is 252 g/mol. The van der Waals surface area contributed by atoms with Gasteiger partial charge in [-0.1, -0.05) is 6.07 Å². The second-order valence-corrected chi connectivity index (χ2v) is 5.60. The van der Waals surface area contributed by atoms with E-state index in [1.165, 1.54) is 18.4 Å². The van der Waals surface area contributed by atoms with Crippen LogP contribution in [0.5, 0.6) is 0 Å². The first-order valence-corrected chi connectivity index (χ1v) is 7.21. The highest BCUT2D eigenvalue weighted by molar-refractivity contribution is 6.05. The van der Waals surface area contributed by atoms with Crippen molar-refractivity contribution in [1.82, 2.24) is 15.8 Å². The summed E-state index contributed by atoms with van der Waals surface area (Å²) in [6.07, 6.45) is 2.55. The summed E-state index contributed by atoms with van der Waals surface area (Å²) in [6.45, 7) is 3.96. The molecule has 0 unspecified atom stereocenters. The number of hydrazine groups is 1. The molecule has 3 N–H and O–H groups in total. The number of likely N-dealkylation sites (tertiary alicyclic amines) is 1. The van der Waals surface area contributed by atoms with Crippen molar-refractivity contribution >= 4 is 17.2 Å². The summed E-state index contributed by atoms with van der Waals surface area (Å²) in [5.74, 6) is -0.0560. The highest BCUT2D eigenvalue weighted by Crippen LogP contribution is 2.36. The minimum absolute atomic E-state index is 0.0560. The number of amides is 1. The molecular formula is C15H18N4O. The van der Waals surface area contributed by atoms with Gasteiger partial charge in [0.05, 0.1) is 11.3 Å². The third-order valence-corrected chi connectivity index (χ3v) is 4.34. The summed E-state index contributed by atoms with van der Waals surface area (Å²) < 4.78 is 0. The first-order chi connectivity index (χ1) is 9.83. The van der Waals surface area contributed by atoms with Crippen LogP contribution < -0.4 is 16.2 Å². The number of carbonyl (C=O) groups is 1. The highest BCUT2D eigenvalue weighted by Gasteiger charge is 2.29. The smallest absolute Gasteiger partial charge is 0.270 e. The molecule has 0 aromatic heterocycles. The van der Waals surface area contributed by atoms with E-state index in [0.717, 1.165) is 48.7 Å². The molecule has 0 radical (unpaired) electrons. The van der Waals surface area contributed by atoms with Crippen molar-refractivity contribution < 1.29 is 4.79 Å². The number of nitrogens with one attached hydrogen (secondary N) is 3. The third kappa shape index (κ3) is 1.78. The zero-order chi connectivity index (χ0) is 13.5. The standard InChI is InChI=1S/C15H18N4O/c20-15-10-4-3-5-12-14(10)11(8-16-12)13(17-18-15)9-19-6-1-2-7-19/h3-5,16-17H,1-2,6-9H2,(H,18,20). The van der Waals surface area contributed by atoms with Crippen LogP contribution in [0.25, 0.3) is 5.57 Å². The van der Waals surface area contributed by atoms with Crippen molar-refractivity contribution in [1.29, 1.82) is 0 Å². The molecule has 1 amide bonds. The van der Waals surface area contributed by atoms with Crippen molar-refractivity contribution in [3.63, 3.8) is 0 Å². The van der Waals surface area contributed by atoms with Gasteiger partial charge in [0.1, 0.15) is 0 Å². The molecule has 5 nitrogen and oxygen atoms in total. The van der Waals surface area contributed by atoms with Gasteiger partial charge in [0.2, 0.25) is 0 Å². The summed E-state index contributed by atoms with van der Waals surface area (Å²) in [5.41, 5.74) is 11.2. The van der Waals surface area contributed by atoms with Crippen LogP contribution in [0.4, 0.5) is 5.69 Å². The Balaban J connectivity index is 1.77. The van der Waals surface area contributed by atoms with Gasteiger partial charge in [0, 0.05) is 29.9 Å². The maximum atomic E-state index is 12.2. The monoisotopic (exact) mass is 270 g/mol. The summed E-state index contributed by atoms with van der Waals surface area (Å²) in [5, 5.41) is 3.39. The summed E-state index contributed by atoms with van der Waals surface area (Å²) in [4.78, 5) is 14.6. The number of hydrogen-bond donors (Lipinski definition) is 3. The lowest BCUT2D eigenvalue weighted by atomic mass is 9.99. The minimum Gasteiger partial charge on any atom is -0.380 e. The molecule has 104 valence electrons. The zero-order valence-corrected chi connectivity index (χ0v) is 11.3. The molecule has 3 heterocycles. The maximum absolute atomic E-state index is 12.2. The lowest BCUT2D eigenvalue weighted by molar-refractivity contribution is 0.0939. The van der Waals surface area contributed by atoms with Crippen LogP contribution in [0.1, 0.15) is 28.8 Å². The molecule has 1 fully saturated rings. The van der Waals surface area contributed by atoms with Gasteiger partial charge >= 0.3 is 0 Å². The third-order valence-electron chi connectivity index (χ3n) is 4.34. The lowest BCUT2D eigenvalue weighted by Gasteiger charge is -2.19. The molecule has 3 aliphatic rings. The van der Waals surface area contributed by atoms with E-state index in [0.29, 0.717) is 0 Å². The topological polar surface area (TPSA) is 56.4 Å². The van der Waals surface area contributed by atoms with Crippen LogP contribution in [-0.2, 0) is 0 Å². The molecule has 1 aromatic rings. The van der Waals surface area contributed by atoms with E-state index < -0.39 is 0 Å². The Morgan fingerprint density at radius 3 is 2.85 bits per heavy atom. The molecule has 1 saturated heterocycles. The van der Waals surface area contributed by atoms with Crippen molar-refractivity contribution in [2.24, 2.45) is 0 Å². The fraction of sp³-hybridized carbons (Fsp3) is 0.400. The molecule has 3 aliphatic heterocycles. The Labute approximate surface area is 118 Å². The Bertz CT molecular complexity index is 602. The highest BCUT2D eigenvalue weighted by atomic mass is 16.2. The minimum atomic E-state index is -0.0560. The maximum Gasteiger partial charge on any atom is 0.270 e. The molecule has 5 heteroatoms. The first kappa shape index (κ1) is 11.8. The van der Waals surface area contributed by atoms with Crippen LogP contribution in [0.2, 0.25) is 0 Å². The van der Waals surface area contributed by atoms with E-state index in [1.54, 1.807) is 0 Å². The second-order valence-electron chi connectivity index (χ2n) is 5.60. The molecule has 0 bridgehead atoms. The lowest BCUT2D eigenvalue weighted by Crippen LogP contribution is -2.39. The SMILES string of the molecule is O=C1NNC(CN2CCCC2)=C2CNc3cccc1c32. The van der Waals surface area contributed by atoms with Gasteiger partial charge in [-0.2, -0.15) is 0 Å². The summed E-state index contributed by atoms with van der Waals surface area (Å²) >= 11 is 0. The molecule has 0 saturated carbocycles. The summed E-state index contributed by atoms with van der Waals surface area (Å²) in [7, 11) is 0. The zero-order valence-electron chi connectivity index (χ0n) is 11.3. The van der Waals surface area contributed by atoms with E-state index in [1.807, 2.05) is 18.2 Å². The number of benzene rings is 1. The summed E-state index contributed by atoms with van der Waals surface area (Å²) in [6, 6.07) is 5.86. The van der Waals surface area contributed by atoms with E-state index in [2.05, 4.69) is 21.1 Å². The number of nitrogens with zero attached hydrogens (tertiary/aromatic N) is 1. The number of rotatable bonds is 2. The fourth-order valence-electron chi connectivity index (χ4n) is 3.32. The largest absolute Gasteiger partial charge is 0.380 e. The van der Waals surface area contributed by atoms with Crippen LogP contribution in [-0.4, -0.2) is 37.0 Å². The van der Waals surface area contributed by atoms with E-state index in [4.69, 9.17) is 0 Å². The van der Waals surface area contributed by atoms with Gasteiger partial charge in [-0.05, 0) is 38.1 Å². The van der Waals surface area contributed by atoms with Gasteiger partial charge in [0.15, 0.2) is 0 Å². The van der Waals surface area contributed by atoms with Crippen LogP contribution in [0.3, 0.4) is 0 Å². The normalized spacial score (nSPS) is 21.1. The number of hydrogen-bond acceptors (Lipinski definition) is 4. The van der Waals surface area contributed by atoms with Gasteiger partial charge in [-0.25, -0.2) is 0 Å². The molecule has 0 spiro atoms. The van der Waals surface area contributed by atoms with Crippen molar-refractivity contribution in [2.45, 2.75) is 12.8 Å². The predicted molar refractivity (Wildman–Crippen MR) is 78.1 cm³/mol. The first-order valence-electron chi connectivity index (χ1n) is 7.21. The molecule has 4 rings (SSSR count). The van der Waals surface area contributed by atoms with Crippen LogP contribution in [0.15, 0.2) is 23.9 Å². The number of anilines is 1. The molecule has 20 heavy (non-hydrogen) atoms. The van der Waals surface area contributed by atoms with Gasteiger partial charge in [-0.3, -0.25) is 15.1 Å². The predicted octanol–water partition coefficient (Wildman–Crippen LogP) is 1.17. The average Bonchev–Trinajstić information content (AvgIpc) is 3.08. The van der Waals surface area contributed by atoms with Crippen molar-refractivity contribution in [2.75, 3.05) is 31.5 Å². The fourth-order valence-corrected chi connectivity index (χ4v) is 3.32. The Morgan fingerprint density at radius 1 is 1.15 bits per heavy atom. The van der Waals surface area contributed by atoms with Gasteiger partial charge in [0.25, 0.3) is 5.91 Å². The van der Waals surface area contributed by atoms with Crippen LogP contribution >= 0.6 is 0 Å². The number of carbonyl (C=O) groups excluding carboxylic acids is 1. The molecule has 0 atom stereocenters. The van der Waals surface area contributed by atoms with E-state index >= 15 is 0 Å². The van der Waals surface area contributed by atoms with Crippen molar-refractivity contribution in [3.05, 3.63) is 35.0 Å². The quantitative estimate of drug-likeness (QED) is 0.755. The Hall–Kier alpha value is -2.01. The molecule has 0 aliphatic carbocycles. The Kier molecular flexibility index (Phi) is 2.67. The second kappa shape index (κ2) is 4.52. The average molecular weight is 270 g/mol. The van der Waals surface area contributed by atoms with Gasteiger partial charge in [-0.15, -0.1) is 0 Å². The Morgan fingerprint density at radius 2 is 2.00 bits per heavy atom. The molecule has 1 aromatic carbocycles. The van der Waals surface area contributed by atoms with Crippen molar-refractivity contribution in [3.8, 4) is 0 Å².